The number of fused-ring (bicyclic) bond motifs is 1. The van der Waals surface area contributed by atoms with Crippen LogP contribution in [0, 0.1) is 5.82 Å². The Morgan fingerprint density at radius 2 is 1.81 bits per heavy atom. The molecule has 0 aliphatic carbocycles. The SMILES string of the molecule is O=C(Nc1cc(F)c2nc(N3CCCC3)ccc2c1)c1ccc(Br)cc1. The maximum Gasteiger partial charge on any atom is 0.255 e. The van der Waals surface area contributed by atoms with E-state index in [0.717, 1.165) is 36.2 Å². The van der Waals surface area contributed by atoms with E-state index in [2.05, 4.69) is 31.1 Å². The number of hydrogen-bond donors (Lipinski definition) is 1. The largest absolute Gasteiger partial charge is 0.357 e. The maximum absolute atomic E-state index is 14.6. The molecule has 1 fully saturated rings. The average molecular weight is 414 g/mol. The Bertz CT molecular complexity index is 969. The standard InChI is InChI=1S/C20H17BrFN3O/c21-15-6-3-13(4-7-15)20(26)23-16-11-14-5-8-18(25-9-1-2-10-25)24-19(14)17(22)12-16/h3-8,11-12H,1-2,9-10H2,(H,23,26). The van der Waals surface area contributed by atoms with Gasteiger partial charge in [0.2, 0.25) is 0 Å². The molecule has 0 radical (unpaired) electrons. The number of rotatable bonds is 3. The lowest BCUT2D eigenvalue weighted by atomic mass is 10.1. The molecular formula is C20H17BrFN3O. The summed E-state index contributed by atoms with van der Waals surface area (Å²) < 4.78 is 15.5. The molecule has 0 atom stereocenters. The summed E-state index contributed by atoms with van der Waals surface area (Å²) in [6.07, 6.45) is 2.28. The normalized spacial score (nSPS) is 14.0. The summed E-state index contributed by atoms with van der Waals surface area (Å²) in [6.45, 7) is 1.92. The Labute approximate surface area is 159 Å². The second-order valence-corrected chi connectivity index (χ2v) is 7.27. The fraction of sp³-hybridized carbons (Fsp3) is 0.200. The van der Waals surface area contributed by atoms with E-state index in [0.29, 0.717) is 22.2 Å². The Balaban J connectivity index is 1.61. The van der Waals surface area contributed by atoms with Crippen molar-refractivity contribution in [3.05, 3.63) is 64.4 Å². The number of benzene rings is 2. The van der Waals surface area contributed by atoms with Gasteiger partial charge >= 0.3 is 0 Å². The predicted molar refractivity (Wildman–Crippen MR) is 105 cm³/mol. The first-order valence-corrected chi connectivity index (χ1v) is 9.32. The Morgan fingerprint density at radius 3 is 2.54 bits per heavy atom. The zero-order valence-corrected chi connectivity index (χ0v) is 15.6. The number of anilines is 2. The van der Waals surface area contributed by atoms with Gasteiger partial charge in [-0.15, -0.1) is 0 Å². The second kappa shape index (κ2) is 7.03. The van der Waals surface area contributed by atoms with Gasteiger partial charge in [0, 0.05) is 34.2 Å². The van der Waals surface area contributed by atoms with Crippen molar-refractivity contribution in [3.63, 3.8) is 0 Å². The van der Waals surface area contributed by atoms with Gasteiger partial charge < -0.3 is 10.2 Å². The van der Waals surface area contributed by atoms with E-state index >= 15 is 0 Å². The van der Waals surface area contributed by atoms with Crippen LogP contribution in [0.4, 0.5) is 15.9 Å². The van der Waals surface area contributed by atoms with Crippen LogP contribution in [0.5, 0.6) is 0 Å². The lowest BCUT2D eigenvalue weighted by Gasteiger charge is -2.17. The number of carbonyl (C=O) groups excluding carboxylic acids is 1. The molecule has 1 aliphatic heterocycles. The summed E-state index contributed by atoms with van der Waals surface area (Å²) in [7, 11) is 0. The van der Waals surface area contributed by atoms with Gasteiger partial charge in [-0.2, -0.15) is 0 Å². The number of amides is 1. The van der Waals surface area contributed by atoms with E-state index in [1.165, 1.54) is 6.07 Å². The van der Waals surface area contributed by atoms with Crippen molar-refractivity contribution in [1.82, 2.24) is 4.98 Å². The van der Waals surface area contributed by atoms with Crippen molar-refractivity contribution in [2.24, 2.45) is 0 Å². The van der Waals surface area contributed by atoms with Crippen LogP contribution >= 0.6 is 15.9 Å². The van der Waals surface area contributed by atoms with Crippen molar-refractivity contribution < 1.29 is 9.18 Å². The smallest absolute Gasteiger partial charge is 0.255 e. The molecule has 6 heteroatoms. The van der Waals surface area contributed by atoms with Crippen molar-refractivity contribution in [2.45, 2.75) is 12.8 Å². The molecule has 4 rings (SSSR count). The minimum atomic E-state index is -0.436. The molecule has 1 saturated heterocycles. The molecule has 0 spiro atoms. The molecule has 0 bridgehead atoms. The second-order valence-electron chi connectivity index (χ2n) is 6.35. The van der Waals surface area contributed by atoms with Crippen LogP contribution in [0.15, 0.2) is 53.0 Å². The summed E-state index contributed by atoms with van der Waals surface area (Å²) in [5.74, 6) is 0.0908. The Hall–Kier alpha value is -2.47. The summed E-state index contributed by atoms with van der Waals surface area (Å²) in [4.78, 5) is 19.0. The van der Waals surface area contributed by atoms with Gasteiger partial charge in [0.05, 0.1) is 0 Å². The minimum absolute atomic E-state index is 0.280. The van der Waals surface area contributed by atoms with Crippen LogP contribution in [-0.2, 0) is 0 Å². The van der Waals surface area contributed by atoms with Gasteiger partial charge in [0.15, 0.2) is 5.82 Å². The maximum atomic E-state index is 14.6. The fourth-order valence-corrected chi connectivity index (χ4v) is 3.44. The highest BCUT2D eigenvalue weighted by molar-refractivity contribution is 9.10. The fourth-order valence-electron chi connectivity index (χ4n) is 3.18. The molecule has 0 saturated carbocycles. The lowest BCUT2D eigenvalue weighted by Crippen LogP contribution is -2.18. The average Bonchev–Trinajstić information content (AvgIpc) is 3.17. The highest BCUT2D eigenvalue weighted by atomic mass is 79.9. The molecule has 1 aromatic heterocycles. The van der Waals surface area contributed by atoms with Crippen LogP contribution in [0.2, 0.25) is 0 Å². The highest BCUT2D eigenvalue weighted by Gasteiger charge is 2.15. The first kappa shape index (κ1) is 17.0. The van der Waals surface area contributed by atoms with Gasteiger partial charge in [-0.3, -0.25) is 4.79 Å². The first-order valence-electron chi connectivity index (χ1n) is 8.52. The third-order valence-corrected chi connectivity index (χ3v) is 5.05. The van der Waals surface area contributed by atoms with Crippen LogP contribution in [0.1, 0.15) is 23.2 Å². The highest BCUT2D eigenvalue weighted by Crippen LogP contribution is 2.26. The monoisotopic (exact) mass is 413 g/mol. The molecule has 1 aliphatic rings. The number of carbonyl (C=O) groups is 1. The molecule has 2 aromatic carbocycles. The molecule has 1 N–H and O–H groups in total. The van der Waals surface area contributed by atoms with Gasteiger partial charge in [-0.25, -0.2) is 9.37 Å². The van der Waals surface area contributed by atoms with Crippen molar-refractivity contribution >= 4 is 44.2 Å². The predicted octanol–water partition coefficient (Wildman–Crippen LogP) is 4.99. The molecule has 1 amide bonds. The molecule has 132 valence electrons. The molecule has 3 aromatic rings. The van der Waals surface area contributed by atoms with Gasteiger partial charge in [0.25, 0.3) is 5.91 Å². The quantitative estimate of drug-likeness (QED) is 0.657. The summed E-state index contributed by atoms with van der Waals surface area (Å²) >= 11 is 3.34. The van der Waals surface area contributed by atoms with E-state index < -0.39 is 5.82 Å². The first-order chi connectivity index (χ1) is 12.6. The summed E-state index contributed by atoms with van der Waals surface area (Å²) in [6, 6.07) is 13.8. The summed E-state index contributed by atoms with van der Waals surface area (Å²) in [5.41, 5.74) is 1.26. The number of hydrogen-bond acceptors (Lipinski definition) is 3. The van der Waals surface area contributed by atoms with Crippen molar-refractivity contribution in [2.75, 3.05) is 23.3 Å². The minimum Gasteiger partial charge on any atom is -0.357 e. The van der Waals surface area contributed by atoms with E-state index in [9.17, 15) is 9.18 Å². The van der Waals surface area contributed by atoms with E-state index in [1.807, 2.05) is 12.1 Å². The molecule has 26 heavy (non-hydrogen) atoms. The van der Waals surface area contributed by atoms with E-state index in [-0.39, 0.29) is 5.91 Å². The molecule has 2 heterocycles. The van der Waals surface area contributed by atoms with Gasteiger partial charge in [-0.1, -0.05) is 15.9 Å². The van der Waals surface area contributed by atoms with E-state index in [4.69, 9.17) is 0 Å². The number of halogens is 2. The van der Waals surface area contributed by atoms with Gasteiger partial charge in [-0.05, 0) is 61.4 Å². The number of nitrogens with one attached hydrogen (secondary N) is 1. The lowest BCUT2D eigenvalue weighted by molar-refractivity contribution is 0.102. The number of nitrogens with zero attached hydrogens (tertiary/aromatic N) is 2. The van der Waals surface area contributed by atoms with Gasteiger partial charge in [0.1, 0.15) is 11.3 Å². The zero-order chi connectivity index (χ0) is 18.1. The Kier molecular flexibility index (Phi) is 4.59. The number of pyridine rings is 1. The Morgan fingerprint density at radius 1 is 1.08 bits per heavy atom. The van der Waals surface area contributed by atoms with Crippen molar-refractivity contribution in [1.29, 1.82) is 0 Å². The molecular weight excluding hydrogens is 397 g/mol. The topological polar surface area (TPSA) is 45.2 Å². The van der Waals surface area contributed by atoms with E-state index in [1.54, 1.807) is 30.3 Å². The summed E-state index contributed by atoms with van der Waals surface area (Å²) in [5, 5.41) is 3.41. The van der Waals surface area contributed by atoms with Crippen LogP contribution < -0.4 is 10.2 Å². The molecule has 0 unspecified atom stereocenters. The van der Waals surface area contributed by atoms with Crippen LogP contribution in [0.25, 0.3) is 10.9 Å². The van der Waals surface area contributed by atoms with Crippen molar-refractivity contribution in [3.8, 4) is 0 Å². The van der Waals surface area contributed by atoms with Crippen LogP contribution in [0.3, 0.4) is 0 Å². The zero-order valence-electron chi connectivity index (χ0n) is 14.0. The number of aromatic nitrogens is 1. The van der Waals surface area contributed by atoms with Crippen LogP contribution in [-0.4, -0.2) is 24.0 Å². The third kappa shape index (κ3) is 3.42. The molecule has 4 nitrogen and oxygen atoms in total. The third-order valence-electron chi connectivity index (χ3n) is 4.53.